The summed E-state index contributed by atoms with van der Waals surface area (Å²) in [6.07, 6.45) is -2.73. The predicted octanol–water partition coefficient (Wildman–Crippen LogP) is 2.46. The Balaban J connectivity index is 2.00. The maximum absolute atomic E-state index is 11.7. The Morgan fingerprint density at radius 3 is 2.81 bits per heavy atom. The molecule has 0 amide bonds. The third-order valence-corrected chi connectivity index (χ3v) is 2.61. The first kappa shape index (κ1) is 13.7. The smallest absolute Gasteiger partial charge is 0.371 e. The second-order valence-electron chi connectivity index (χ2n) is 2.90. The second-order valence-corrected chi connectivity index (χ2v) is 4.65. The number of aromatic nitrogens is 1. The first-order valence-electron chi connectivity index (χ1n) is 4.43. The molecule has 0 aromatic carbocycles. The fourth-order valence-electron chi connectivity index (χ4n) is 0.897. The zero-order valence-electron chi connectivity index (χ0n) is 8.18. The molecular weight excluding hydrogens is 265 g/mol. The summed E-state index contributed by atoms with van der Waals surface area (Å²) >= 11 is 6.98. The lowest BCUT2D eigenvalue weighted by Crippen LogP contribution is -2.23. The summed E-state index contributed by atoms with van der Waals surface area (Å²) in [6, 6.07) is 0. The molecule has 0 atom stereocenters. The van der Waals surface area contributed by atoms with E-state index in [1.165, 1.54) is 17.5 Å². The number of hydrogen-bond acceptors (Lipinski definition) is 4. The molecular formula is C8H10ClF3N2OS. The largest absolute Gasteiger partial charge is 0.411 e. The molecule has 1 N–H and O–H groups in total. The van der Waals surface area contributed by atoms with E-state index in [-0.39, 0.29) is 6.61 Å². The van der Waals surface area contributed by atoms with Gasteiger partial charge >= 0.3 is 6.18 Å². The molecule has 0 unspecified atom stereocenters. The molecule has 16 heavy (non-hydrogen) atoms. The van der Waals surface area contributed by atoms with Gasteiger partial charge in [-0.1, -0.05) is 11.6 Å². The number of nitrogens with one attached hydrogen (secondary N) is 1. The highest BCUT2D eigenvalue weighted by Crippen LogP contribution is 2.17. The van der Waals surface area contributed by atoms with Gasteiger partial charge in [-0.05, 0) is 0 Å². The van der Waals surface area contributed by atoms with E-state index in [9.17, 15) is 13.2 Å². The Morgan fingerprint density at radius 2 is 2.25 bits per heavy atom. The van der Waals surface area contributed by atoms with Crippen LogP contribution in [0.5, 0.6) is 0 Å². The van der Waals surface area contributed by atoms with Gasteiger partial charge in [-0.3, -0.25) is 0 Å². The van der Waals surface area contributed by atoms with Gasteiger partial charge in [-0.15, -0.1) is 11.3 Å². The molecule has 8 heteroatoms. The predicted molar refractivity (Wildman–Crippen MR) is 55.7 cm³/mol. The molecule has 0 radical (unpaired) electrons. The standard InChI is InChI=1S/C8H10ClF3N2OS/c9-6-3-14-7(16-6)4-13-1-2-15-5-8(10,11)12/h3,13H,1-2,4-5H2. The van der Waals surface area contributed by atoms with E-state index in [4.69, 9.17) is 11.6 Å². The van der Waals surface area contributed by atoms with E-state index < -0.39 is 12.8 Å². The van der Waals surface area contributed by atoms with E-state index in [1.807, 2.05) is 0 Å². The van der Waals surface area contributed by atoms with Crippen molar-refractivity contribution in [2.75, 3.05) is 19.8 Å². The van der Waals surface area contributed by atoms with Crippen LogP contribution in [-0.4, -0.2) is 30.9 Å². The highest BCUT2D eigenvalue weighted by molar-refractivity contribution is 7.15. The highest BCUT2D eigenvalue weighted by Gasteiger charge is 2.27. The number of rotatable bonds is 6. The fourth-order valence-corrected chi connectivity index (χ4v) is 1.82. The Labute approximate surface area is 99.6 Å². The lowest BCUT2D eigenvalue weighted by molar-refractivity contribution is -0.173. The number of thiazole rings is 1. The molecule has 1 rings (SSSR count). The lowest BCUT2D eigenvalue weighted by Gasteiger charge is -2.07. The third kappa shape index (κ3) is 6.26. The number of ether oxygens (including phenoxy) is 1. The topological polar surface area (TPSA) is 34.1 Å². The van der Waals surface area contributed by atoms with E-state index in [2.05, 4.69) is 15.0 Å². The average molecular weight is 275 g/mol. The van der Waals surface area contributed by atoms with E-state index in [0.717, 1.165) is 5.01 Å². The average Bonchev–Trinajstić information content (AvgIpc) is 2.56. The second kappa shape index (κ2) is 6.39. The van der Waals surface area contributed by atoms with Crippen LogP contribution in [0.25, 0.3) is 0 Å². The van der Waals surface area contributed by atoms with Gasteiger partial charge in [-0.2, -0.15) is 13.2 Å². The maximum atomic E-state index is 11.7. The van der Waals surface area contributed by atoms with Crippen molar-refractivity contribution in [3.63, 3.8) is 0 Å². The molecule has 3 nitrogen and oxygen atoms in total. The van der Waals surface area contributed by atoms with Crippen LogP contribution in [0.4, 0.5) is 13.2 Å². The van der Waals surface area contributed by atoms with Crippen LogP contribution >= 0.6 is 22.9 Å². The van der Waals surface area contributed by atoms with Gasteiger partial charge in [0.2, 0.25) is 0 Å². The molecule has 1 aromatic rings. The summed E-state index contributed by atoms with van der Waals surface area (Å²) in [5.74, 6) is 0. The summed E-state index contributed by atoms with van der Waals surface area (Å²) in [7, 11) is 0. The van der Waals surface area contributed by atoms with Crippen molar-refractivity contribution in [3.8, 4) is 0 Å². The molecule has 1 heterocycles. The first-order chi connectivity index (χ1) is 7.47. The number of nitrogens with zero attached hydrogens (tertiary/aromatic N) is 1. The molecule has 0 aliphatic rings. The monoisotopic (exact) mass is 274 g/mol. The lowest BCUT2D eigenvalue weighted by atomic mass is 10.6. The Kier molecular flexibility index (Phi) is 5.47. The summed E-state index contributed by atoms with van der Waals surface area (Å²) < 4.78 is 40.0. The van der Waals surface area contributed by atoms with E-state index in [0.29, 0.717) is 17.4 Å². The van der Waals surface area contributed by atoms with Gasteiger partial charge in [0.05, 0.1) is 12.8 Å². The van der Waals surface area contributed by atoms with Gasteiger partial charge in [0.25, 0.3) is 0 Å². The molecule has 0 saturated carbocycles. The van der Waals surface area contributed by atoms with E-state index in [1.54, 1.807) is 0 Å². The minimum absolute atomic E-state index is 0.0125. The van der Waals surface area contributed by atoms with Gasteiger partial charge in [0.15, 0.2) is 0 Å². The Morgan fingerprint density at radius 1 is 1.50 bits per heavy atom. The number of alkyl halides is 3. The van der Waals surface area contributed by atoms with Gasteiger partial charge in [0.1, 0.15) is 16.0 Å². The fraction of sp³-hybridized carbons (Fsp3) is 0.625. The van der Waals surface area contributed by atoms with Gasteiger partial charge in [-0.25, -0.2) is 4.98 Å². The molecule has 0 aliphatic carbocycles. The van der Waals surface area contributed by atoms with Gasteiger partial charge < -0.3 is 10.1 Å². The summed E-state index contributed by atoms with van der Waals surface area (Å²) in [4.78, 5) is 3.98. The SMILES string of the molecule is FC(F)(F)COCCNCc1ncc(Cl)s1. The molecule has 1 aromatic heterocycles. The summed E-state index contributed by atoms with van der Waals surface area (Å²) in [5, 5.41) is 3.69. The quantitative estimate of drug-likeness (QED) is 0.809. The molecule has 0 spiro atoms. The summed E-state index contributed by atoms with van der Waals surface area (Å²) in [5.41, 5.74) is 0. The molecule has 0 saturated heterocycles. The first-order valence-corrected chi connectivity index (χ1v) is 5.62. The van der Waals surface area contributed by atoms with Crippen LogP contribution in [0.15, 0.2) is 6.20 Å². The Bertz CT molecular complexity index is 318. The van der Waals surface area contributed by atoms with Crippen molar-refractivity contribution in [1.82, 2.24) is 10.3 Å². The van der Waals surface area contributed by atoms with Crippen LogP contribution in [0, 0.1) is 0 Å². The maximum Gasteiger partial charge on any atom is 0.411 e. The van der Waals surface area contributed by atoms with Crippen molar-refractivity contribution in [2.24, 2.45) is 0 Å². The molecule has 0 aliphatic heterocycles. The number of hydrogen-bond donors (Lipinski definition) is 1. The van der Waals surface area contributed by atoms with Crippen molar-refractivity contribution in [2.45, 2.75) is 12.7 Å². The van der Waals surface area contributed by atoms with Crippen LogP contribution in [-0.2, 0) is 11.3 Å². The van der Waals surface area contributed by atoms with Crippen LogP contribution in [0.3, 0.4) is 0 Å². The Hall–Kier alpha value is -0.370. The normalized spacial score (nSPS) is 12.0. The van der Waals surface area contributed by atoms with Gasteiger partial charge in [0, 0.05) is 13.1 Å². The van der Waals surface area contributed by atoms with Crippen molar-refractivity contribution < 1.29 is 17.9 Å². The van der Waals surface area contributed by atoms with Crippen molar-refractivity contribution in [1.29, 1.82) is 0 Å². The van der Waals surface area contributed by atoms with Crippen molar-refractivity contribution >= 4 is 22.9 Å². The van der Waals surface area contributed by atoms with Crippen LogP contribution in [0.2, 0.25) is 4.34 Å². The zero-order chi connectivity index (χ0) is 12.0. The molecule has 92 valence electrons. The van der Waals surface area contributed by atoms with Crippen LogP contribution in [0.1, 0.15) is 5.01 Å². The minimum Gasteiger partial charge on any atom is -0.371 e. The minimum atomic E-state index is -4.26. The van der Waals surface area contributed by atoms with E-state index >= 15 is 0 Å². The molecule has 0 bridgehead atoms. The number of halogens is 4. The molecule has 0 fully saturated rings. The third-order valence-electron chi connectivity index (χ3n) is 1.49. The van der Waals surface area contributed by atoms with Crippen LogP contribution < -0.4 is 5.32 Å². The van der Waals surface area contributed by atoms with Crippen molar-refractivity contribution in [3.05, 3.63) is 15.5 Å². The summed E-state index contributed by atoms with van der Waals surface area (Å²) in [6.45, 7) is -0.379. The zero-order valence-corrected chi connectivity index (χ0v) is 9.75. The highest BCUT2D eigenvalue weighted by atomic mass is 35.5.